The number of imide groups is 1. The summed E-state index contributed by atoms with van der Waals surface area (Å²) in [5.41, 5.74) is 0.782. The Bertz CT molecular complexity index is 1380. The maximum atomic E-state index is 13.2. The number of aromatic nitrogens is 1. The van der Waals surface area contributed by atoms with Gasteiger partial charge in [-0.2, -0.15) is 0 Å². The molecule has 1 atom stereocenters. The predicted molar refractivity (Wildman–Crippen MR) is 130 cm³/mol. The fourth-order valence-electron chi connectivity index (χ4n) is 5.13. The minimum absolute atomic E-state index is 0.0968. The standard InChI is InChI=1S/C25H26N6O5/c1-35-16-3-2-14-12-31(22(32)17(14)10-16)13-25(23(33)29-24(34)30-25)20-11-18-19(36-20)4-5-21(28-18)27-15-6-8-26-9-7-15/h2-5,10-11,15,26H,6-9,12-13H2,1H3,(H,27,28)(H2,29,30,33,34)/t25-/m0/s1. The lowest BCUT2D eigenvalue weighted by Gasteiger charge is -2.28. The molecule has 0 bridgehead atoms. The zero-order chi connectivity index (χ0) is 24.9. The van der Waals surface area contributed by atoms with Crippen LogP contribution in [0.5, 0.6) is 5.75 Å². The number of hydrogen-bond donors (Lipinski definition) is 4. The number of piperidine rings is 1. The summed E-state index contributed by atoms with van der Waals surface area (Å²) in [7, 11) is 1.54. The molecule has 3 aliphatic rings. The molecule has 1 aromatic carbocycles. The van der Waals surface area contributed by atoms with Gasteiger partial charge < -0.3 is 30.0 Å². The van der Waals surface area contributed by atoms with Gasteiger partial charge in [-0.25, -0.2) is 9.78 Å². The predicted octanol–water partition coefficient (Wildman–Crippen LogP) is 1.69. The lowest BCUT2D eigenvalue weighted by molar-refractivity contribution is -0.125. The molecule has 186 valence electrons. The van der Waals surface area contributed by atoms with Crippen molar-refractivity contribution in [2.45, 2.75) is 31.0 Å². The average Bonchev–Trinajstić information content (AvgIpc) is 3.53. The van der Waals surface area contributed by atoms with Crippen LogP contribution in [-0.2, 0) is 16.9 Å². The van der Waals surface area contributed by atoms with Crippen molar-refractivity contribution in [1.82, 2.24) is 25.8 Å². The molecule has 0 unspecified atom stereocenters. The molecule has 3 aromatic rings. The topological polar surface area (TPSA) is 138 Å². The fourth-order valence-corrected chi connectivity index (χ4v) is 5.13. The van der Waals surface area contributed by atoms with Crippen LogP contribution in [0.1, 0.15) is 34.5 Å². The molecule has 4 N–H and O–H groups in total. The van der Waals surface area contributed by atoms with E-state index in [1.165, 1.54) is 12.0 Å². The van der Waals surface area contributed by atoms with Crippen molar-refractivity contribution in [1.29, 1.82) is 0 Å². The Labute approximate surface area is 206 Å². The summed E-state index contributed by atoms with van der Waals surface area (Å²) in [4.78, 5) is 44.8. The van der Waals surface area contributed by atoms with E-state index in [4.69, 9.17) is 9.15 Å². The van der Waals surface area contributed by atoms with Crippen molar-refractivity contribution < 1.29 is 23.5 Å². The maximum absolute atomic E-state index is 13.2. The molecule has 11 nitrogen and oxygen atoms in total. The van der Waals surface area contributed by atoms with Crippen LogP contribution in [-0.4, -0.2) is 60.5 Å². The van der Waals surface area contributed by atoms with E-state index in [-0.39, 0.29) is 18.2 Å². The molecule has 6 rings (SSSR count). The molecule has 3 aliphatic heterocycles. The number of nitrogens with one attached hydrogen (secondary N) is 4. The van der Waals surface area contributed by atoms with E-state index in [2.05, 4.69) is 26.3 Å². The number of benzene rings is 1. The Balaban J connectivity index is 1.31. The van der Waals surface area contributed by atoms with Crippen LogP contribution in [0, 0.1) is 0 Å². The van der Waals surface area contributed by atoms with E-state index in [9.17, 15) is 14.4 Å². The van der Waals surface area contributed by atoms with Gasteiger partial charge in [0.15, 0.2) is 11.1 Å². The molecule has 4 amide bonds. The summed E-state index contributed by atoms with van der Waals surface area (Å²) in [6.07, 6.45) is 2.01. The average molecular weight is 491 g/mol. The van der Waals surface area contributed by atoms with E-state index in [1.54, 1.807) is 24.3 Å². The number of fused-ring (bicyclic) bond motifs is 2. The number of anilines is 1. The van der Waals surface area contributed by atoms with Crippen molar-refractivity contribution in [2.75, 3.05) is 32.1 Å². The van der Waals surface area contributed by atoms with Gasteiger partial charge in [-0.05, 0) is 55.8 Å². The Kier molecular flexibility index (Phi) is 5.29. The third-order valence-corrected chi connectivity index (χ3v) is 7.05. The largest absolute Gasteiger partial charge is 0.497 e. The molecule has 0 radical (unpaired) electrons. The molecule has 2 fully saturated rings. The second kappa shape index (κ2) is 8.52. The highest BCUT2D eigenvalue weighted by Gasteiger charge is 2.53. The number of ether oxygens (including phenoxy) is 1. The lowest BCUT2D eigenvalue weighted by Crippen LogP contribution is -2.52. The van der Waals surface area contributed by atoms with E-state index >= 15 is 0 Å². The summed E-state index contributed by atoms with van der Waals surface area (Å²) in [5, 5.41) is 11.8. The SMILES string of the molecule is COc1ccc2c(c1)C(=O)N(C[C@@]1(c3cc4nc(NC5CCNCC5)ccc4o3)NC(=O)NC1=O)C2. The van der Waals surface area contributed by atoms with Crippen LogP contribution >= 0.6 is 0 Å². The van der Waals surface area contributed by atoms with Gasteiger partial charge >= 0.3 is 6.03 Å². The van der Waals surface area contributed by atoms with E-state index in [0.29, 0.717) is 35.0 Å². The van der Waals surface area contributed by atoms with Crippen LogP contribution in [0.15, 0.2) is 40.8 Å². The first-order valence-corrected chi connectivity index (χ1v) is 11.9. The van der Waals surface area contributed by atoms with Crippen molar-refractivity contribution in [3.8, 4) is 5.75 Å². The second-order valence-corrected chi connectivity index (χ2v) is 9.36. The van der Waals surface area contributed by atoms with Crippen LogP contribution in [0.3, 0.4) is 0 Å². The van der Waals surface area contributed by atoms with Crippen molar-refractivity contribution in [3.63, 3.8) is 0 Å². The highest BCUT2D eigenvalue weighted by molar-refractivity contribution is 6.08. The summed E-state index contributed by atoms with van der Waals surface area (Å²) in [6.45, 7) is 2.12. The zero-order valence-corrected chi connectivity index (χ0v) is 19.7. The monoisotopic (exact) mass is 490 g/mol. The van der Waals surface area contributed by atoms with Gasteiger partial charge in [-0.1, -0.05) is 6.07 Å². The first-order valence-electron chi connectivity index (χ1n) is 11.9. The number of rotatable bonds is 6. The van der Waals surface area contributed by atoms with Gasteiger partial charge in [0.2, 0.25) is 0 Å². The van der Waals surface area contributed by atoms with Gasteiger partial charge in [0.25, 0.3) is 11.8 Å². The number of amides is 4. The molecule has 36 heavy (non-hydrogen) atoms. The molecule has 5 heterocycles. The minimum Gasteiger partial charge on any atom is -0.497 e. The van der Waals surface area contributed by atoms with Gasteiger partial charge in [-0.15, -0.1) is 0 Å². The maximum Gasteiger partial charge on any atom is 0.322 e. The minimum atomic E-state index is -1.58. The van der Waals surface area contributed by atoms with Crippen LogP contribution in [0.4, 0.5) is 10.6 Å². The first-order chi connectivity index (χ1) is 17.4. The third-order valence-electron chi connectivity index (χ3n) is 7.05. The van der Waals surface area contributed by atoms with E-state index in [1.807, 2.05) is 12.1 Å². The Hall–Kier alpha value is -4.12. The molecule has 11 heteroatoms. The van der Waals surface area contributed by atoms with E-state index < -0.39 is 17.5 Å². The normalized spacial score (nSPS) is 22.0. The number of carbonyl (C=O) groups excluding carboxylic acids is 3. The lowest BCUT2D eigenvalue weighted by atomic mass is 9.95. The number of pyridine rings is 1. The highest BCUT2D eigenvalue weighted by atomic mass is 16.5. The zero-order valence-electron chi connectivity index (χ0n) is 19.7. The van der Waals surface area contributed by atoms with Crippen molar-refractivity contribution >= 4 is 34.8 Å². The summed E-state index contributed by atoms with van der Waals surface area (Å²) in [6, 6.07) is 10.3. The molecule has 0 spiro atoms. The van der Waals surface area contributed by atoms with Gasteiger partial charge in [0, 0.05) is 24.2 Å². The highest BCUT2D eigenvalue weighted by Crippen LogP contribution is 2.35. The third kappa shape index (κ3) is 3.72. The molecular weight excluding hydrogens is 464 g/mol. The molecular formula is C25H26N6O5. The molecule has 0 saturated carbocycles. The smallest absolute Gasteiger partial charge is 0.322 e. The molecule has 2 aromatic heterocycles. The second-order valence-electron chi connectivity index (χ2n) is 9.36. The summed E-state index contributed by atoms with van der Waals surface area (Å²) >= 11 is 0. The number of carbonyl (C=O) groups is 3. The number of methoxy groups -OCH3 is 1. The van der Waals surface area contributed by atoms with Gasteiger partial charge in [0.1, 0.15) is 22.8 Å². The van der Waals surface area contributed by atoms with Gasteiger partial charge in [0.05, 0.1) is 13.7 Å². The number of hydrogen-bond acceptors (Lipinski definition) is 8. The van der Waals surface area contributed by atoms with E-state index in [0.717, 1.165) is 37.3 Å². The van der Waals surface area contributed by atoms with Crippen LogP contribution in [0.25, 0.3) is 11.1 Å². The van der Waals surface area contributed by atoms with Gasteiger partial charge in [-0.3, -0.25) is 14.9 Å². The summed E-state index contributed by atoms with van der Waals surface area (Å²) in [5.74, 6) is 0.673. The number of urea groups is 1. The van der Waals surface area contributed by atoms with Crippen molar-refractivity contribution in [2.24, 2.45) is 0 Å². The number of nitrogens with zero attached hydrogens (tertiary/aromatic N) is 2. The van der Waals surface area contributed by atoms with Crippen molar-refractivity contribution in [3.05, 3.63) is 53.3 Å². The number of furan rings is 1. The quantitative estimate of drug-likeness (QED) is 0.383. The first kappa shape index (κ1) is 22.4. The Morgan fingerprint density at radius 1 is 1.17 bits per heavy atom. The van der Waals surface area contributed by atoms with Crippen LogP contribution < -0.4 is 26.0 Å². The molecule has 0 aliphatic carbocycles. The summed E-state index contributed by atoms with van der Waals surface area (Å²) < 4.78 is 11.3. The van der Waals surface area contributed by atoms with Crippen LogP contribution in [0.2, 0.25) is 0 Å². The Morgan fingerprint density at radius 3 is 2.75 bits per heavy atom. The fraction of sp³-hybridized carbons (Fsp3) is 0.360. The Morgan fingerprint density at radius 2 is 2.00 bits per heavy atom. The molecule has 2 saturated heterocycles.